The molecule has 0 aromatic heterocycles. The molecule has 0 saturated carbocycles. The summed E-state index contributed by atoms with van der Waals surface area (Å²) in [6.45, 7) is 12.7. The van der Waals surface area contributed by atoms with Gasteiger partial charge >= 0.3 is 0 Å². The summed E-state index contributed by atoms with van der Waals surface area (Å²) >= 11 is 0. The molecule has 2 aliphatic rings. The van der Waals surface area contributed by atoms with Crippen LogP contribution in [0.3, 0.4) is 0 Å². The second-order valence-corrected chi connectivity index (χ2v) is 8.88. The second kappa shape index (κ2) is 10.6. The molecule has 1 fully saturated rings. The minimum absolute atomic E-state index is 0.00508. The fourth-order valence-electron chi connectivity index (χ4n) is 4.04. The average Bonchev–Trinajstić information content (AvgIpc) is 3.15. The van der Waals surface area contributed by atoms with E-state index in [9.17, 15) is 4.79 Å². The standard InChI is InChI=1S/C25H38N2O/c1-19(13-14-22-21(3)11-7-16-25(22,4)5)9-6-10-20(2)15-18-27-24(28)23-12-8-17-26-23/h6,9-10,13-15,23,26H,7-8,11-12,16-18H2,1-5H3,(H,27,28)/t23-/m0/s1. The van der Waals surface area contributed by atoms with Crippen molar-refractivity contribution in [3.05, 3.63) is 58.7 Å². The molecule has 2 N–H and O–H groups in total. The van der Waals surface area contributed by atoms with Crippen LogP contribution in [0.4, 0.5) is 0 Å². The number of rotatable bonds is 7. The molecular weight excluding hydrogens is 344 g/mol. The van der Waals surface area contributed by atoms with Gasteiger partial charge in [0, 0.05) is 6.54 Å². The minimum Gasteiger partial charge on any atom is -0.351 e. The van der Waals surface area contributed by atoms with Gasteiger partial charge in [-0.2, -0.15) is 0 Å². The predicted molar refractivity (Wildman–Crippen MR) is 120 cm³/mol. The molecule has 0 unspecified atom stereocenters. The van der Waals surface area contributed by atoms with E-state index in [2.05, 4.69) is 81.7 Å². The maximum Gasteiger partial charge on any atom is 0.237 e. The van der Waals surface area contributed by atoms with Crippen molar-refractivity contribution in [1.29, 1.82) is 0 Å². The summed E-state index contributed by atoms with van der Waals surface area (Å²) in [4.78, 5) is 12.0. The van der Waals surface area contributed by atoms with Gasteiger partial charge in [0.25, 0.3) is 0 Å². The van der Waals surface area contributed by atoms with E-state index in [0.29, 0.717) is 6.54 Å². The van der Waals surface area contributed by atoms with E-state index >= 15 is 0 Å². The summed E-state index contributed by atoms with van der Waals surface area (Å²) in [5, 5.41) is 6.20. The third-order valence-corrected chi connectivity index (χ3v) is 5.85. The molecule has 0 bridgehead atoms. The minimum atomic E-state index is -0.00508. The molecular formula is C25H38N2O. The van der Waals surface area contributed by atoms with Crippen molar-refractivity contribution in [3.8, 4) is 0 Å². The number of carbonyl (C=O) groups excluding carboxylic acids is 1. The van der Waals surface area contributed by atoms with Gasteiger partial charge in [0.1, 0.15) is 0 Å². The molecule has 154 valence electrons. The molecule has 28 heavy (non-hydrogen) atoms. The summed E-state index contributed by atoms with van der Waals surface area (Å²) in [6, 6.07) is -0.00508. The van der Waals surface area contributed by atoms with Gasteiger partial charge in [-0.25, -0.2) is 0 Å². The van der Waals surface area contributed by atoms with Gasteiger partial charge in [-0.3, -0.25) is 4.79 Å². The number of amides is 1. The highest BCUT2D eigenvalue weighted by molar-refractivity contribution is 5.82. The molecule has 1 aliphatic carbocycles. The van der Waals surface area contributed by atoms with Gasteiger partial charge in [-0.05, 0) is 70.4 Å². The Labute approximate surface area is 171 Å². The topological polar surface area (TPSA) is 41.1 Å². The monoisotopic (exact) mass is 382 g/mol. The van der Waals surface area contributed by atoms with Crippen molar-refractivity contribution in [2.75, 3.05) is 13.1 Å². The molecule has 1 atom stereocenters. The molecule has 1 amide bonds. The van der Waals surface area contributed by atoms with Crippen molar-refractivity contribution in [1.82, 2.24) is 10.6 Å². The van der Waals surface area contributed by atoms with Gasteiger partial charge in [0.2, 0.25) is 5.91 Å². The lowest BCUT2D eigenvalue weighted by atomic mass is 9.72. The zero-order valence-corrected chi connectivity index (χ0v) is 18.4. The summed E-state index contributed by atoms with van der Waals surface area (Å²) < 4.78 is 0. The molecule has 0 aromatic rings. The van der Waals surface area contributed by atoms with E-state index in [4.69, 9.17) is 0 Å². The fourth-order valence-corrected chi connectivity index (χ4v) is 4.04. The smallest absolute Gasteiger partial charge is 0.237 e. The quantitative estimate of drug-likeness (QED) is 0.580. The highest BCUT2D eigenvalue weighted by Crippen LogP contribution is 2.40. The molecule has 1 saturated heterocycles. The lowest BCUT2D eigenvalue weighted by molar-refractivity contribution is -0.122. The summed E-state index contributed by atoms with van der Waals surface area (Å²) in [5.74, 6) is 0.113. The highest BCUT2D eigenvalue weighted by Gasteiger charge is 2.26. The third kappa shape index (κ3) is 6.94. The molecule has 0 aromatic carbocycles. The van der Waals surface area contributed by atoms with Crippen molar-refractivity contribution in [2.45, 2.75) is 72.8 Å². The lowest BCUT2D eigenvalue weighted by Gasteiger charge is -2.32. The molecule has 1 aliphatic heterocycles. The molecule has 0 radical (unpaired) electrons. The Hall–Kier alpha value is -1.87. The number of nitrogens with one attached hydrogen (secondary N) is 2. The summed E-state index contributed by atoms with van der Waals surface area (Å²) in [5.41, 5.74) is 5.71. The number of hydrogen-bond donors (Lipinski definition) is 2. The maximum atomic E-state index is 12.0. The Bertz CT molecular complexity index is 698. The first-order valence-electron chi connectivity index (χ1n) is 10.7. The van der Waals surface area contributed by atoms with Crippen LogP contribution in [0.1, 0.15) is 66.7 Å². The van der Waals surface area contributed by atoms with Crippen LogP contribution in [-0.2, 0) is 4.79 Å². The largest absolute Gasteiger partial charge is 0.351 e. The summed E-state index contributed by atoms with van der Waals surface area (Å²) in [7, 11) is 0. The van der Waals surface area contributed by atoms with Crippen molar-refractivity contribution in [3.63, 3.8) is 0 Å². The van der Waals surface area contributed by atoms with Crippen LogP contribution in [0, 0.1) is 5.41 Å². The Morgan fingerprint density at radius 1 is 1.21 bits per heavy atom. The Morgan fingerprint density at radius 3 is 2.68 bits per heavy atom. The second-order valence-electron chi connectivity index (χ2n) is 8.88. The Morgan fingerprint density at radius 2 is 2.00 bits per heavy atom. The Kier molecular flexibility index (Phi) is 8.50. The van der Waals surface area contributed by atoms with Gasteiger partial charge < -0.3 is 10.6 Å². The van der Waals surface area contributed by atoms with Gasteiger partial charge in [-0.1, -0.05) is 67.0 Å². The fraction of sp³-hybridized carbons (Fsp3) is 0.560. The van der Waals surface area contributed by atoms with Crippen LogP contribution in [0.2, 0.25) is 0 Å². The van der Waals surface area contributed by atoms with Gasteiger partial charge in [0.05, 0.1) is 6.04 Å². The maximum absolute atomic E-state index is 12.0. The van der Waals surface area contributed by atoms with Crippen molar-refractivity contribution in [2.24, 2.45) is 5.41 Å². The summed E-state index contributed by atoms with van der Waals surface area (Å²) in [6.07, 6.45) is 18.7. The van der Waals surface area contributed by atoms with Gasteiger partial charge in [-0.15, -0.1) is 0 Å². The number of hydrogen-bond acceptors (Lipinski definition) is 2. The first kappa shape index (κ1) is 22.4. The normalized spacial score (nSPS) is 23.8. The molecule has 2 rings (SSSR count). The molecule has 3 heteroatoms. The van der Waals surface area contributed by atoms with Crippen LogP contribution in [-0.4, -0.2) is 25.0 Å². The Balaban J connectivity index is 1.83. The van der Waals surface area contributed by atoms with Crippen LogP contribution < -0.4 is 10.6 Å². The van der Waals surface area contributed by atoms with E-state index < -0.39 is 0 Å². The van der Waals surface area contributed by atoms with E-state index in [1.165, 1.54) is 36.0 Å². The van der Waals surface area contributed by atoms with Crippen molar-refractivity contribution >= 4 is 5.91 Å². The van der Waals surface area contributed by atoms with E-state index in [1.54, 1.807) is 0 Å². The molecule has 1 heterocycles. The first-order valence-corrected chi connectivity index (χ1v) is 10.7. The zero-order chi connectivity index (χ0) is 20.6. The highest BCUT2D eigenvalue weighted by atomic mass is 16.2. The van der Waals surface area contributed by atoms with Crippen LogP contribution in [0.25, 0.3) is 0 Å². The van der Waals surface area contributed by atoms with E-state index in [1.807, 2.05) is 0 Å². The number of carbonyl (C=O) groups is 1. The van der Waals surface area contributed by atoms with Crippen molar-refractivity contribution < 1.29 is 4.79 Å². The van der Waals surface area contributed by atoms with Crippen LogP contribution in [0.15, 0.2) is 58.7 Å². The average molecular weight is 383 g/mol. The van der Waals surface area contributed by atoms with E-state index in [-0.39, 0.29) is 17.4 Å². The molecule has 0 spiro atoms. The zero-order valence-electron chi connectivity index (χ0n) is 18.4. The van der Waals surface area contributed by atoms with Crippen LogP contribution in [0.5, 0.6) is 0 Å². The third-order valence-electron chi connectivity index (χ3n) is 5.85. The van der Waals surface area contributed by atoms with Crippen LogP contribution >= 0.6 is 0 Å². The predicted octanol–water partition coefficient (Wildman–Crippen LogP) is 5.39. The van der Waals surface area contributed by atoms with E-state index in [0.717, 1.165) is 25.0 Å². The SMILES string of the molecule is CC(C=CC1=C(C)CCCC1(C)C)=CC=CC(C)=CCNC(=O)[C@@H]1CCCN1. The molecule has 3 nitrogen and oxygen atoms in total. The lowest BCUT2D eigenvalue weighted by Crippen LogP contribution is -2.40. The number of allylic oxidation sites excluding steroid dienone is 9. The van der Waals surface area contributed by atoms with Gasteiger partial charge in [0.15, 0.2) is 0 Å². The first-order chi connectivity index (χ1) is 13.3.